The molecule has 0 unspecified atom stereocenters. The molecule has 4 aromatic rings. The van der Waals surface area contributed by atoms with E-state index < -0.39 is 0 Å². The third-order valence-electron chi connectivity index (χ3n) is 7.14. The monoisotopic (exact) mass is 381 g/mol. The van der Waals surface area contributed by atoms with E-state index in [9.17, 15) is 0 Å². The van der Waals surface area contributed by atoms with Gasteiger partial charge in [-0.3, -0.25) is 5.10 Å². The van der Waals surface area contributed by atoms with Crippen LogP contribution in [0.1, 0.15) is 47.4 Å². The molecule has 0 fully saturated rings. The van der Waals surface area contributed by atoms with Crippen LogP contribution in [0, 0.1) is 5.92 Å². The molecule has 4 heteroatoms. The van der Waals surface area contributed by atoms with E-state index in [1.165, 1.54) is 27.9 Å². The van der Waals surface area contributed by atoms with Gasteiger partial charge in [-0.05, 0) is 36.3 Å². The summed E-state index contributed by atoms with van der Waals surface area (Å²) in [6, 6.07) is 21.5. The van der Waals surface area contributed by atoms with E-state index in [-0.39, 0.29) is 5.41 Å². The molecule has 0 aliphatic heterocycles. The standard InChI is InChI=1S/C25H23N3O/c1-16-21-13-12-20-22(17-8-4-2-5-9-17)27-28-24(20)25(21,19-10-6-3-7-11-19)14-18-15-26-29-23(16)18/h2-11,15-16,21H,12-14H2,1H3,(H,27,28)/t16-,21-,25+/m0/s1. The largest absolute Gasteiger partial charge is 0.361 e. The van der Waals surface area contributed by atoms with Gasteiger partial charge in [-0.15, -0.1) is 0 Å². The number of nitrogens with one attached hydrogen (secondary N) is 1. The van der Waals surface area contributed by atoms with Gasteiger partial charge < -0.3 is 4.52 Å². The van der Waals surface area contributed by atoms with Crippen LogP contribution in [-0.4, -0.2) is 15.4 Å². The lowest BCUT2D eigenvalue weighted by molar-refractivity contribution is 0.190. The molecule has 0 saturated heterocycles. The SMILES string of the molecule is C[C@@H]1c2oncc2C[C@]2(c3ccccc3)c3n[nH]c(-c4ccccc4)c3CC[C@@H]12. The summed E-state index contributed by atoms with van der Waals surface area (Å²) in [5.41, 5.74) is 7.35. The van der Waals surface area contributed by atoms with Crippen LogP contribution in [0.2, 0.25) is 0 Å². The van der Waals surface area contributed by atoms with Crippen molar-refractivity contribution >= 4 is 0 Å². The number of aromatic nitrogens is 3. The zero-order valence-corrected chi connectivity index (χ0v) is 16.4. The van der Waals surface area contributed by atoms with Crippen LogP contribution in [0.4, 0.5) is 0 Å². The normalized spacial score (nSPS) is 25.1. The molecule has 2 aliphatic rings. The van der Waals surface area contributed by atoms with Crippen molar-refractivity contribution in [3.05, 3.63) is 95.0 Å². The summed E-state index contributed by atoms with van der Waals surface area (Å²) in [5, 5.41) is 12.5. The number of hydrogen-bond donors (Lipinski definition) is 1. The van der Waals surface area contributed by atoms with Crippen LogP contribution in [-0.2, 0) is 18.3 Å². The van der Waals surface area contributed by atoms with Gasteiger partial charge in [-0.1, -0.05) is 72.7 Å². The first-order valence-electron chi connectivity index (χ1n) is 10.4. The minimum Gasteiger partial charge on any atom is -0.361 e. The van der Waals surface area contributed by atoms with Gasteiger partial charge in [0.2, 0.25) is 0 Å². The highest BCUT2D eigenvalue weighted by molar-refractivity contribution is 5.66. The number of rotatable bonds is 2. The molecule has 2 aromatic carbocycles. The molecule has 1 N–H and O–H groups in total. The molecule has 144 valence electrons. The number of nitrogens with zero attached hydrogens (tertiary/aromatic N) is 2. The van der Waals surface area contributed by atoms with Crippen molar-refractivity contribution in [2.45, 2.75) is 37.5 Å². The highest BCUT2D eigenvalue weighted by Crippen LogP contribution is 2.57. The number of hydrogen-bond acceptors (Lipinski definition) is 3. The molecule has 0 spiro atoms. The van der Waals surface area contributed by atoms with E-state index >= 15 is 0 Å². The first kappa shape index (κ1) is 16.8. The number of H-pyrrole nitrogens is 1. The van der Waals surface area contributed by atoms with Gasteiger partial charge >= 0.3 is 0 Å². The Hall–Kier alpha value is -3.14. The van der Waals surface area contributed by atoms with E-state index in [0.717, 1.165) is 30.7 Å². The van der Waals surface area contributed by atoms with Gasteiger partial charge in [0.15, 0.2) is 0 Å². The topological polar surface area (TPSA) is 54.7 Å². The first-order chi connectivity index (χ1) is 14.3. The molecule has 2 aliphatic carbocycles. The minimum atomic E-state index is -0.156. The van der Waals surface area contributed by atoms with Gasteiger partial charge in [0.05, 0.1) is 17.6 Å². The molecule has 0 amide bonds. The number of benzene rings is 2. The van der Waals surface area contributed by atoms with Crippen LogP contribution in [0.15, 0.2) is 71.4 Å². The van der Waals surface area contributed by atoms with Crippen LogP contribution in [0.3, 0.4) is 0 Å². The van der Waals surface area contributed by atoms with Gasteiger partial charge in [0, 0.05) is 22.5 Å². The maximum absolute atomic E-state index is 5.68. The second kappa shape index (κ2) is 6.18. The van der Waals surface area contributed by atoms with E-state index in [2.05, 4.69) is 77.8 Å². The second-order valence-corrected chi connectivity index (χ2v) is 8.46. The average molecular weight is 381 g/mol. The Morgan fingerprint density at radius 3 is 2.59 bits per heavy atom. The molecular formula is C25H23N3O. The smallest absolute Gasteiger partial charge is 0.143 e. The van der Waals surface area contributed by atoms with Crippen LogP contribution >= 0.6 is 0 Å². The Balaban J connectivity index is 1.61. The molecule has 6 rings (SSSR count). The van der Waals surface area contributed by atoms with Crippen molar-refractivity contribution in [2.24, 2.45) is 5.92 Å². The Labute approximate surface area is 170 Å². The molecule has 0 radical (unpaired) electrons. The summed E-state index contributed by atoms with van der Waals surface area (Å²) >= 11 is 0. The fraction of sp³-hybridized carbons (Fsp3) is 0.280. The molecule has 3 atom stereocenters. The maximum Gasteiger partial charge on any atom is 0.143 e. The van der Waals surface area contributed by atoms with Crippen LogP contribution < -0.4 is 0 Å². The Bertz CT molecular complexity index is 1160. The number of fused-ring (bicyclic) bond motifs is 4. The predicted molar refractivity (Wildman–Crippen MR) is 112 cm³/mol. The van der Waals surface area contributed by atoms with E-state index in [4.69, 9.17) is 9.62 Å². The Morgan fingerprint density at radius 1 is 1.03 bits per heavy atom. The molecule has 29 heavy (non-hydrogen) atoms. The molecule has 2 heterocycles. The summed E-state index contributed by atoms with van der Waals surface area (Å²) in [7, 11) is 0. The lowest BCUT2D eigenvalue weighted by atomic mass is 9.53. The third-order valence-corrected chi connectivity index (χ3v) is 7.14. The van der Waals surface area contributed by atoms with Crippen molar-refractivity contribution in [3.63, 3.8) is 0 Å². The van der Waals surface area contributed by atoms with Crippen molar-refractivity contribution in [2.75, 3.05) is 0 Å². The molecule has 2 aromatic heterocycles. The van der Waals surface area contributed by atoms with Crippen LogP contribution in [0.5, 0.6) is 0 Å². The van der Waals surface area contributed by atoms with Gasteiger partial charge in [-0.2, -0.15) is 5.10 Å². The zero-order chi connectivity index (χ0) is 19.4. The molecular weight excluding hydrogens is 358 g/mol. The summed E-state index contributed by atoms with van der Waals surface area (Å²) in [4.78, 5) is 0. The summed E-state index contributed by atoms with van der Waals surface area (Å²) in [5.74, 6) is 1.81. The predicted octanol–water partition coefficient (Wildman–Crippen LogP) is 5.27. The Kier molecular flexibility index (Phi) is 3.58. The molecule has 0 saturated carbocycles. The van der Waals surface area contributed by atoms with Crippen molar-refractivity contribution < 1.29 is 4.52 Å². The van der Waals surface area contributed by atoms with Gasteiger partial charge in [0.25, 0.3) is 0 Å². The highest BCUT2D eigenvalue weighted by Gasteiger charge is 2.54. The number of aromatic amines is 1. The van der Waals surface area contributed by atoms with Crippen molar-refractivity contribution in [1.82, 2.24) is 15.4 Å². The quantitative estimate of drug-likeness (QED) is 0.514. The molecule has 0 bridgehead atoms. The highest BCUT2D eigenvalue weighted by atomic mass is 16.5. The van der Waals surface area contributed by atoms with E-state index in [1.807, 2.05) is 6.20 Å². The summed E-state index contributed by atoms with van der Waals surface area (Å²) in [6.07, 6.45) is 4.94. The summed E-state index contributed by atoms with van der Waals surface area (Å²) < 4.78 is 5.68. The maximum atomic E-state index is 5.68. The van der Waals surface area contributed by atoms with Gasteiger partial charge in [-0.25, -0.2) is 0 Å². The second-order valence-electron chi connectivity index (χ2n) is 8.46. The average Bonchev–Trinajstić information content (AvgIpc) is 3.42. The van der Waals surface area contributed by atoms with Crippen molar-refractivity contribution in [1.29, 1.82) is 0 Å². The first-order valence-corrected chi connectivity index (χ1v) is 10.4. The summed E-state index contributed by atoms with van der Waals surface area (Å²) in [6.45, 7) is 2.29. The zero-order valence-electron chi connectivity index (χ0n) is 16.4. The third kappa shape index (κ3) is 2.26. The van der Waals surface area contributed by atoms with Crippen molar-refractivity contribution in [3.8, 4) is 11.3 Å². The van der Waals surface area contributed by atoms with E-state index in [1.54, 1.807) is 0 Å². The van der Waals surface area contributed by atoms with E-state index in [0.29, 0.717) is 11.8 Å². The Morgan fingerprint density at radius 2 is 1.79 bits per heavy atom. The fourth-order valence-corrected chi connectivity index (χ4v) is 5.88. The lowest BCUT2D eigenvalue weighted by Gasteiger charge is -2.48. The van der Waals surface area contributed by atoms with Crippen LogP contribution in [0.25, 0.3) is 11.3 Å². The fourth-order valence-electron chi connectivity index (χ4n) is 5.88. The molecule has 4 nitrogen and oxygen atoms in total. The lowest BCUT2D eigenvalue weighted by Crippen LogP contribution is -2.47. The van der Waals surface area contributed by atoms with Gasteiger partial charge in [0.1, 0.15) is 5.76 Å². The minimum absolute atomic E-state index is 0.156.